The second kappa shape index (κ2) is 6.19. The van der Waals surface area contributed by atoms with E-state index in [9.17, 15) is 5.11 Å². The molecular weight excluding hydrogens is 210 g/mol. The zero-order chi connectivity index (χ0) is 12.1. The van der Waals surface area contributed by atoms with Crippen LogP contribution in [0.5, 0.6) is 0 Å². The van der Waals surface area contributed by atoms with Crippen molar-refractivity contribution in [3.63, 3.8) is 0 Å². The van der Waals surface area contributed by atoms with Gasteiger partial charge in [-0.15, -0.1) is 0 Å². The Kier molecular flexibility index (Phi) is 4.87. The largest absolute Gasteiger partial charge is 0.389 e. The lowest BCUT2D eigenvalue weighted by Gasteiger charge is -2.37. The molecule has 0 unspecified atom stereocenters. The van der Waals surface area contributed by atoms with Crippen LogP contribution in [0, 0.1) is 5.92 Å². The molecule has 0 bridgehead atoms. The van der Waals surface area contributed by atoms with E-state index in [1.54, 1.807) is 0 Å². The van der Waals surface area contributed by atoms with Gasteiger partial charge < -0.3 is 10.4 Å². The van der Waals surface area contributed by atoms with Crippen LogP contribution in [0.15, 0.2) is 0 Å². The van der Waals surface area contributed by atoms with Crippen molar-refractivity contribution in [1.29, 1.82) is 0 Å². The monoisotopic (exact) mass is 239 g/mol. The summed E-state index contributed by atoms with van der Waals surface area (Å²) in [4.78, 5) is 0. The summed E-state index contributed by atoms with van der Waals surface area (Å²) in [6.07, 6.45) is 12.5. The van der Waals surface area contributed by atoms with Crippen molar-refractivity contribution in [3.8, 4) is 0 Å². The molecule has 2 fully saturated rings. The minimum absolute atomic E-state index is 0.396. The normalized spacial score (nSPS) is 35.3. The number of hydrogen-bond donors (Lipinski definition) is 2. The van der Waals surface area contributed by atoms with Crippen molar-refractivity contribution in [1.82, 2.24) is 5.32 Å². The molecular formula is C15H29NO. The Morgan fingerprint density at radius 3 is 2.35 bits per heavy atom. The highest BCUT2D eigenvalue weighted by Crippen LogP contribution is 2.34. The molecule has 0 aromatic rings. The van der Waals surface area contributed by atoms with Crippen molar-refractivity contribution in [3.05, 3.63) is 0 Å². The van der Waals surface area contributed by atoms with Crippen molar-refractivity contribution in [2.75, 3.05) is 6.54 Å². The number of nitrogens with one attached hydrogen (secondary N) is 1. The Morgan fingerprint density at radius 1 is 1.12 bits per heavy atom. The fourth-order valence-corrected chi connectivity index (χ4v) is 3.55. The molecule has 0 aromatic heterocycles. The van der Waals surface area contributed by atoms with E-state index in [0.29, 0.717) is 6.04 Å². The molecule has 2 aliphatic carbocycles. The second-order valence-corrected chi connectivity index (χ2v) is 6.32. The highest BCUT2D eigenvalue weighted by molar-refractivity contribution is 4.89. The Hall–Kier alpha value is -0.0800. The second-order valence-electron chi connectivity index (χ2n) is 6.32. The Balaban J connectivity index is 1.69. The van der Waals surface area contributed by atoms with Crippen molar-refractivity contribution in [2.45, 2.75) is 82.8 Å². The van der Waals surface area contributed by atoms with Gasteiger partial charge in [-0.25, -0.2) is 0 Å². The summed E-state index contributed by atoms with van der Waals surface area (Å²) in [5.41, 5.74) is -0.396. The fraction of sp³-hybridized carbons (Fsp3) is 1.00. The van der Waals surface area contributed by atoms with E-state index in [1.807, 2.05) is 0 Å². The predicted octanol–water partition coefficient (Wildman–Crippen LogP) is 3.24. The minimum atomic E-state index is -0.396. The molecule has 2 nitrogen and oxygen atoms in total. The average molecular weight is 239 g/mol. The first-order valence-corrected chi connectivity index (χ1v) is 7.67. The van der Waals surface area contributed by atoms with E-state index in [-0.39, 0.29) is 0 Å². The number of aliphatic hydroxyl groups is 1. The van der Waals surface area contributed by atoms with E-state index < -0.39 is 5.60 Å². The quantitative estimate of drug-likeness (QED) is 0.772. The highest BCUT2D eigenvalue weighted by atomic mass is 16.3. The summed E-state index contributed by atoms with van der Waals surface area (Å²) in [6.45, 7) is 3.10. The van der Waals surface area contributed by atoms with E-state index in [4.69, 9.17) is 0 Å². The zero-order valence-corrected chi connectivity index (χ0v) is 11.4. The molecule has 0 aliphatic heterocycles. The predicted molar refractivity (Wildman–Crippen MR) is 72.1 cm³/mol. The Labute approximate surface area is 106 Å². The first-order valence-electron chi connectivity index (χ1n) is 7.67. The van der Waals surface area contributed by atoms with E-state index in [0.717, 1.165) is 25.3 Å². The first kappa shape index (κ1) is 13.4. The van der Waals surface area contributed by atoms with Gasteiger partial charge in [0.2, 0.25) is 0 Å². The standard InChI is InChI=1S/C15H29NO/c1-2-5-13-8-10-15(17,11-9-13)12-16-14-6-3-4-7-14/h13-14,16-17H,2-12H2,1H3. The lowest BCUT2D eigenvalue weighted by Crippen LogP contribution is -2.46. The summed E-state index contributed by atoms with van der Waals surface area (Å²) in [5, 5.41) is 14.1. The van der Waals surface area contributed by atoms with Crippen LogP contribution < -0.4 is 5.32 Å². The molecule has 0 saturated heterocycles. The topological polar surface area (TPSA) is 32.3 Å². The van der Waals surface area contributed by atoms with Crippen LogP contribution in [-0.2, 0) is 0 Å². The molecule has 0 amide bonds. The van der Waals surface area contributed by atoms with Crippen LogP contribution >= 0.6 is 0 Å². The first-order chi connectivity index (χ1) is 8.22. The minimum Gasteiger partial charge on any atom is -0.389 e. The molecule has 0 atom stereocenters. The summed E-state index contributed by atoms with van der Waals surface area (Å²) < 4.78 is 0. The van der Waals surface area contributed by atoms with Crippen LogP contribution in [0.3, 0.4) is 0 Å². The fourth-order valence-electron chi connectivity index (χ4n) is 3.55. The maximum atomic E-state index is 10.6. The van der Waals surface area contributed by atoms with Crippen molar-refractivity contribution >= 4 is 0 Å². The molecule has 2 aliphatic rings. The molecule has 0 aromatic carbocycles. The van der Waals surface area contributed by atoms with E-state index in [2.05, 4.69) is 12.2 Å². The van der Waals surface area contributed by atoms with Crippen molar-refractivity contribution < 1.29 is 5.11 Å². The van der Waals surface area contributed by atoms with Gasteiger partial charge in [-0.05, 0) is 44.4 Å². The molecule has 0 heterocycles. The van der Waals surface area contributed by atoms with E-state index >= 15 is 0 Å². The van der Waals surface area contributed by atoms with Crippen LogP contribution in [-0.4, -0.2) is 23.3 Å². The van der Waals surface area contributed by atoms with E-state index in [1.165, 1.54) is 51.4 Å². The maximum Gasteiger partial charge on any atom is 0.0771 e. The summed E-state index contributed by atoms with van der Waals surface area (Å²) in [5.74, 6) is 0.881. The van der Waals surface area contributed by atoms with Gasteiger partial charge in [-0.1, -0.05) is 32.6 Å². The molecule has 100 valence electrons. The summed E-state index contributed by atoms with van der Waals surface area (Å²) in [6, 6.07) is 0.687. The Morgan fingerprint density at radius 2 is 1.76 bits per heavy atom. The third-order valence-electron chi connectivity index (χ3n) is 4.81. The molecule has 0 spiro atoms. The van der Waals surface area contributed by atoms with Gasteiger partial charge in [0.15, 0.2) is 0 Å². The molecule has 17 heavy (non-hydrogen) atoms. The van der Waals surface area contributed by atoms with Crippen LogP contribution in [0.2, 0.25) is 0 Å². The number of hydrogen-bond acceptors (Lipinski definition) is 2. The van der Waals surface area contributed by atoms with Gasteiger partial charge in [-0.3, -0.25) is 0 Å². The maximum absolute atomic E-state index is 10.6. The van der Waals surface area contributed by atoms with Gasteiger partial charge in [0, 0.05) is 12.6 Å². The van der Waals surface area contributed by atoms with Crippen LogP contribution in [0.25, 0.3) is 0 Å². The highest BCUT2D eigenvalue weighted by Gasteiger charge is 2.33. The summed E-state index contributed by atoms with van der Waals surface area (Å²) in [7, 11) is 0. The van der Waals surface area contributed by atoms with Gasteiger partial charge in [0.05, 0.1) is 5.60 Å². The Bertz CT molecular complexity index is 215. The van der Waals surface area contributed by atoms with Gasteiger partial charge >= 0.3 is 0 Å². The third kappa shape index (κ3) is 3.96. The number of rotatable bonds is 5. The summed E-state index contributed by atoms with van der Waals surface area (Å²) >= 11 is 0. The molecule has 2 saturated carbocycles. The van der Waals surface area contributed by atoms with Gasteiger partial charge in [0.25, 0.3) is 0 Å². The molecule has 2 heteroatoms. The molecule has 2 N–H and O–H groups in total. The lowest BCUT2D eigenvalue weighted by atomic mass is 9.77. The van der Waals surface area contributed by atoms with Crippen LogP contribution in [0.1, 0.15) is 71.1 Å². The lowest BCUT2D eigenvalue weighted by molar-refractivity contribution is -0.0111. The van der Waals surface area contributed by atoms with Crippen molar-refractivity contribution in [2.24, 2.45) is 5.92 Å². The third-order valence-corrected chi connectivity index (χ3v) is 4.81. The SMILES string of the molecule is CCCC1CCC(O)(CNC2CCCC2)CC1. The zero-order valence-electron chi connectivity index (χ0n) is 11.4. The van der Waals surface area contributed by atoms with Gasteiger partial charge in [0.1, 0.15) is 0 Å². The average Bonchev–Trinajstić information content (AvgIpc) is 2.84. The molecule has 0 radical (unpaired) electrons. The van der Waals surface area contributed by atoms with Gasteiger partial charge in [-0.2, -0.15) is 0 Å². The van der Waals surface area contributed by atoms with Crippen LogP contribution in [0.4, 0.5) is 0 Å². The smallest absolute Gasteiger partial charge is 0.0771 e. The molecule has 2 rings (SSSR count).